The Bertz CT molecular complexity index is 301. The lowest BCUT2D eigenvalue weighted by Gasteiger charge is -2.26. The predicted octanol–water partition coefficient (Wildman–Crippen LogP) is 3.54. The lowest BCUT2D eigenvalue weighted by molar-refractivity contribution is 0.313. The van der Waals surface area contributed by atoms with E-state index in [2.05, 4.69) is 30.9 Å². The molecule has 0 radical (unpaired) electrons. The zero-order chi connectivity index (χ0) is 12.2. The number of rotatable bonds is 3. The Balaban J connectivity index is 2.64. The fourth-order valence-electron chi connectivity index (χ4n) is 2.06. The molecule has 0 bridgehead atoms. The average molecular weight is 238 g/mol. The van der Waals surface area contributed by atoms with E-state index in [9.17, 15) is 0 Å². The molecule has 1 fully saturated rings. The van der Waals surface area contributed by atoms with Gasteiger partial charge in [-0.2, -0.15) is 5.26 Å². The van der Waals surface area contributed by atoms with E-state index in [0.29, 0.717) is 5.92 Å². The highest BCUT2D eigenvalue weighted by atomic mass is 28.4. The van der Waals surface area contributed by atoms with Crippen molar-refractivity contribution in [3.8, 4) is 6.07 Å². The van der Waals surface area contributed by atoms with Crippen molar-refractivity contribution < 1.29 is 4.53 Å². The molecular formula is C12H22N2OSi. The van der Waals surface area contributed by atoms with Crippen molar-refractivity contribution in [2.75, 3.05) is 0 Å². The number of oxime groups is 1. The van der Waals surface area contributed by atoms with E-state index < -0.39 is 8.32 Å². The smallest absolute Gasteiger partial charge is 0.278 e. The summed E-state index contributed by atoms with van der Waals surface area (Å²) in [5.41, 5.74) is 1.01. The summed E-state index contributed by atoms with van der Waals surface area (Å²) in [5, 5.41) is 13.3. The molecule has 0 amide bonds. The molecular weight excluding hydrogens is 216 g/mol. The minimum absolute atomic E-state index is 0.141. The Morgan fingerprint density at radius 1 is 1.31 bits per heavy atom. The van der Waals surface area contributed by atoms with Gasteiger partial charge in [-0.25, -0.2) is 0 Å². The second kappa shape index (κ2) is 5.49. The van der Waals surface area contributed by atoms with E-state index in [4.69, 9.17) is 9.79 Å². The first kappa shape index (κ1) is 13.2. The van der Waals surface area contributed by atoms with Gasteiger partial charge in [-0.3, -0.25) is 0 Å². The zero-order valence-corrected chi connectivity index (χ0v) is 11.8. The van der Waals surface area contributed by atoms with Crippen LogP contribution in [-0.2, 0) is 4.53 Å². The summed E-state index contributed by atoms with van der Waals surface area (Å²) in [6.45, 7) is 8.35. The van der Waals surface area contributed by atoms with Gasteiger partial charge in [-0.15, -0.1) is 5.16 Å². The summed E-state index contributed by atoms with van der Waals surface area (Å²) in [5.74, 6) is 0.456. The summed E-state index contributed by atoms with van der Waals surface area (Å²) < 4.78 is 5.55. The van der Waals surface area contributed by atoms with Crippen molar-refractivity contribution in [1.29, 1.82) is 5.26 Å². The van der Waals surface area contributed by atoms with Crippen molar-refractivity contribution in [3.05, 3.63) is 0 Å². The van der Waals surface area contributed by atoms with Gasteiger partial charge in [0.15, 0.2) is 0 Å². The maximum Gasteiger partial charge on any atom is 0.278 e. The van der Waals surface area contributed by atoms with E-state index in [0.717, 1.165) is 18.6 Å². The molecule has 0 aliphatic heterocycles. The number of hydrogen-bond donors (Lipinski definition) is 0. The van der Waals surface area contributed by atoms with Gasteiger partial charge in [0, 0.05) is 5.92 Å². The molecule has 0 spiro atoms. The quantitative estimate of drug-likeness (QED) is 0.429. The van der Waals surface area contributed by atoms with Gasteiger partial charge in [0.05, 0.1) is 17.7 Å². The van der Waals surface area contributed by atoms with Crippen molar-refractivity contribution in [2.45, 2.75) is 52.2 Å². The van der Waals surface area contributed by atoms with Crippen LogP contribution < -0.4 is 0 Å². The first-order valence-electron chi connectivity index (χ1n) is 6.06. The highest BCUT2D eigenvalue weighted by molar-refractivity contribution is 6.69. The maximum absolute atomic E-state index is 9.10. The minimum Gasteiger partial charge on any atom is -0.456 e. The molecule has 0 aromatic heterocycles. The topological polar surface area (TPSA) is 45.4 Å². The summed E-state index contributed by atoms with van der Waals surface area (Å²) in [6.07, 6.45) is 4.49. The molecule has 2 atom stereocenters. The van der Waals surface area contributed by atoms with Crippen LogP contribution in [0.5, 0.6) is 0 Å². The number of nitriles is 1. The Labute approximate surface area is 99.6 Å². The van der Waals surface area contributed by atoms with Crippen LogP contribution in [0.25, 0.3) is 0 Å². The fourth-order valence-corrected chi connectivity index (χ4v) is 2.48. The second-order valence-electron chi connectivity index (χ2n) is 5.56. The Morgan fingerprint density at radius 3 is 2.50 bits per heavy atom. The lowest BCUT2D eigenvalue weighted by atomic mass is 9.78. The first-order valence-corrected chi connectivity index (χ1v) is 9.47. The van der Waals surface area contributed by atoms with Gasteiger partial charge in [0.25, 0.3) is 8.32 Å². The average Bonchev–Trinajstić information content (AvgIpc) is 2.25. The summed E-state index contributed by atoms with van der Waals surface area (Å²) in [7, 11) is -1.59. The normalized spacial score (nSPS) is 27.3. The van der Waals surface area contributed by atoms with Crippen LogP contribution in [0.15, 0.2) is 5.16 Å². The molecule has 0 saturated heterocycles. The number of nitrogens with zero attached hydrogens (tertiary/aromatic N) is 2. The van der Waals surface area contributed by atoms with Crippen molar-refractivity contribution in [2.24, 2.45) is 17.0 Å². The van der Waals surface area contributed by atoms with Gasteiger partial charge < -0.3 is 4.53 Å². The van der Waals surface area contributed by atoms with Crippen LogP contribution >= 0.6 is 0 Å². The second-order valence-corrected chi connectivity index (χ2v) is 9.97. The van der Waals surface area contributed by atoms with E-state index >= 15 is 0 Å². The third kappa shape index (κ3) is 3.97. The number of hydrogen-bond acceptors (Lipinski definition) is 3. The third-order valence-electron chi connectivity index (χ3n) is 2.93. The molecule has 0 aromatic carbocycles. The van der Waals surface area contributed by atoms with Crippen molar-refractivity contribution in [1.82, 2.24) is 0 Å². The highest BCUT2D eigenvalue weighted by Crippen LogP contribution is 2.30. The third-order valence-corrected chi connectivity index (χ3v) is 3.57. The van der Waals surface area contributed by atoms with Gasteiger partial charge >= 0.3 is 0 Å². The monoisotopic (exact) mass is 238 g/mol. The largest absolute Gasteiger partial charge is 0.456 e. The molecule has 1 aliphatic carbocycles. The van der Waals surface area contributed by atoms with Crippen LogP contribution in [0.1, 0.15) is 32.6 Å². The van der Waals surface area contributed by atoms with Crippen LogP contribution in [0.3, 0.4) is 0 Å². The van der Waals surface area contributed by atoms with E-state index in [1.165, 1.54) is 12.8 Å². The summed E-state index contributed by atoms with van der Waals surface area (Å²) >= 11 is 0. The molecule has 1 aliphatic rings. The fraction of sp³-hybridized carbons (Fsp3) is 0.833. The molecule has 16 heavy (non-hydrogen) atoms. The Hall–Kier alpha value is -0.823. The van der Waals surface area contributed by atoms with Gasteiger partial charge in [0.1, 0.15) is 0 Å². The first-order chi connectivity index (χ1) is 7.44. The van der Waals surface area contributed by atoms with Gasteiger partial charge in [-0.1, -0.05) is 12.8 Å². The van der Waals surface area contributed by atoms with E-state index in [1.807, 2.05) is 6.92 Å². The molecule has 0 aromatic rings. The SMILES string of the molecule is CC(=NO[Si](C)(C)C)C1CCCCC1C#N. The predicted molar refractivity (Wildman–Crippen MR) is 68.6 cm³/mol. The van der Waals surface area contributed by atoms with Gasteiger partial charge in [-0.05, 0) is 39.4 Å². The lowest BCUT2D eigenvalue weighted by Crippen LogP contribution is -2.27. The molecule has 4 heteroatoms. The van der Waals surface area contributed by atoms with Gasteiger partial charge in [0.2, 0.25) is 0 Å². The standard InChI is InChI=1S/C12H22N2OSi/c1-10(14-15-16(2,3)4)12-8-6-5-7-11(12)9-13/h11-12H,5-8H2,1-4H3. The molecule has 0 N–H and O–H groups in total. The molecule has 2 unspecified atom stereocenters. The molecule has 0 heterocycles. The van der Waals surface area contributed by atoms with Crippen LogP contribution in [0.4, 0.5) is 0 Å². The highest BCUT2D eigenvalue weighted by Gasteiger charge is 2.28. The molecule has 3 nitrogen and oxygen atoms in total. The van der Waals surface area contributed by atoms with Crippen LogP contribution in [0.2, 0.25) is 19.6 Å². The molecule has 90 valence electrons. The molecule has 1 saturated carbocycles. The summed E-state index contributed by atoms with van der Waals surface area (Å²) in [4.78, 5) is 0. The zero-order valence-electron chi connectivity index (χ0n) is 10.8. The Kier molecular flexibility index (Phi) is 4.54. The summed E-state index contributed by atoms with van der Waals surface area (Å²) in [6, 6.07) is 2.41. The van der Waals surface area contributed by atoms with Crippen LogP contribution in [0, 0.1) is 23.2 Å². The van der Waals surface area contributed by atoms with Crippen molar-refractivity contribution >= 4 is 14.0 Å². The maximum atomic E-state index is 9.10. The molecule has 1 rings (SSSR count). The van der Waals surface area contributed by atoms with E-state index in [1.54, 1.807) is 0 Å². The van der Waals surface area contributed by atoms with Crippen molar-refractivity contribution in [3.63, 3.8) is 0 Å². The Morgan fingerprint density at radius 2 is 1.94 bits per heavy atom. The minimum atomic E-state index is -1.59. The van der Waals surface area contributed by atoms with E-state index in [-0.39, 0.29) is 5.92 Å². The van der Waals surface area contributed by atoms with Crippen LogP contribution in [-0.4, -0.2) is 14.0 Å².